The third-order valence-electron chi connectivity index (χ3n) is 17.7. The molecule has 11 nitrogen and oxygen atoms in total. The highest BCUT2D eigenvalue weighted by Crippen LogP contribution is 2.73. The van der Waals surface area contributed by atoms with Crippen molar-refractivity contribution < 1.29 is 33.8 Å². The first-order valence-electron chi connectivity index (χ1n) is 24.6. The molecule has 7 aliphatic carbocycles. The third kappa shape index (κ3) is 6.89. The minimum absolute atomic E-state index is 0.0292. The number of fused-ring (bicyclic) bond motifs is 2. The lowest BCUT2D eigenvalue weighted by Crippen LogP contribution is -2.55. The average molecular weight is 909 g/mol. The number of aliphatic hydroxyl groups is 1. The molecule has 13 heteroatoms. The topological polar surface area (TPSA) is 146 Å². The Balaban J connectivity index is 1.12. The maximum absolute atomic E-state index is 15.2. The average Bonchev–Trinajstić information content (AvgIpc) is 4.08. The predicted octanol–water partition coefficient (Wildman–Crippen LogP) is 8.00. The molecule has 5 heterocycles. The van der Waals surface area contributed by atoms with Gasteiger partial charge in [-0.15, -0.1) is 0 Å². The zero-order chi connectivity index (χ0) is 43.9. The summed E-state index contributed by atoms with van der Waals surface area (Å²) in [6, 6.07) is 0. The zero-order valence-electron chi connectivity index (χ0n) is 37.4. The van der Waals surface area contributed by atoms with Crippen molar-refractivity contribution in [2.75, 3.05) is 25.5 Å². The molecule has 12 aliphatic rings. The van der Waals surface area contributed by atoms with E-state index in [1.165, 1.54) is 54.7 Å². The van der Waals surface area contributed by atoms with Crippen molar-refractivity contribution in [2.24, 2.45) is 52.3 Å². The van der Waals surface area contributed by atoms with Crippen LogP contribution in [0.15, 0.2) is 81.2 Å². The number of hydrogen-bond acceptors (Lipinski definition) is 12. The van der Waals surface area contributed by atoms with Gasteiger partial charge in [0.2, 0.25) is 0 Å². The molecule has 4 fully saturated rings. The SMILES string of the molecule is CCC1(C2=C3OC(=O)C4=C3[C@@H](CC2)C[C@H]2[C@@H]3CC[C@@]5(C6=C3[C@H](CN3C(=O)C=CC3=O)C3=CCNC(=C3)NCSS[C@H](NC[C@H](C)O)[C@@H](C3CCCCC3)C/C=C/5OC6=O)[C@@H]42)CCCC1. The van der Waals surface area contributed by atoms with Crippen LogP contribution >= 0.6 is 21.6 Å². The summed E-state index contributed by atoms with van der Waals surface area (Å²) < 4.78 is 13.4. The number of carbonyl (C=O) groups excluding carboxylic acids is 4. The number of hydrogen-bond donors (Lipinski definition) is 4. The molecule has 4 N–H and O–H groups in total. The molecule has 342 valence electrons. The molecule has 0 aromatic heterocycles. The number of amides is 2. The molecule has 3 saturated carbocycles. The van der Waals surface area contributed by atoms with E-state index in [1.807, 2.05) is 17.7 Å². The summed E-state index contributed by atoms with van der Waals surface area (Å²) in [4.78, 5) is 58.4. The number of nitrogens with one attached hydrogen (secondary N) is 3. The number of esters is 2. The van der Waals surface area contributed by atoms with Crippen molar-refractivity contribution in [1.29, 1.82) is 0 Å². The lowest BCUT2D eigenvalue weighted by molar-refractivity contribution is -0.138. The second kappa shape index (κ2) is 17.0. The van der Waals surface area contributed by atoms with Gasteiger partial charge in [-0.2, -0.15) is 0 Å². The standard InChI is InChI=1S/C51H64N4O7S2/c1-3-50(19-7-8-20-50)36-13-11-31-23-34-33-17-21-51(44(34)43-41(31)46(36)62-48(43)59)37-14-12-32(29-9-5-4-6-10-29)47(53-25-28(2)56)64-63-27-54-38-24-30(18-22-52-38)35(42(33)45(51)49(60)61-37)26-55-39(57)15-16-40(55)58/h14-16,18,24,28-29,31-35,44,47,52-54,56H,3-13,17,19-23,25-27H2,1-2H3/b37-14-/t28-,31-,32+,33-,34-,35+,44+,47-,51-/m0/s1. The maximum Gasteiger partial charge on any atom is 0.340 e. The number of aliphatic hydroxyl groups excluding tert-OH is 1. The van der Waals surface area contributed by atoms with E-state index >= 15 is 4.79 Å². The number of allylic oxidation sites excluding steroid dienone is 5. The van der Waals surface area contributed by atoms with Gasteiger partial charge in [-0.05, 0) is 129 Å². The Kier molecular flexibility index (Phi) is 11.4. The largest absolute Gasteiger partial charge is 0.427 e. The fourth-order valence-electron chi connectivity index (χ4n) is 15.0. The molecule has 2 amide bonds. The van der Waals surface area contributed by atoms with Gasteiger partial charge < -0.3 is 30.5 Å². The van der Waals surface area contributed by atoms with Crippen LogP contribution in [0.3, 0.4) is 0 Å². The lowest BCUT2D eigenvalue weighted by Gasteiger charge is -2.58. The smallest absolute Gasteiger partial charge is 0.340 e. The van der Waals surface area contributed by atoms with Gasteiger partial charge in [0.15, 0.2) is 0 Å². The van der Waals surface area contributed by atoms with Gasteiger partial charge in [0.25, 0.3) is 11.8 Å². The van der Waals surface area contributed by atoms with Gasteiger partial charge in [-0.3, -0.25) is 14.5 Å². The molecule has 64 heavy (non-hydrogen) atoms. The van der Waals surface area contributed by atoms with Crippen LogP contribution in [0, 0.1) is 52.3 Å². The van der Waals surface area contributed by atoms with Crippen LogP contribution in [-0.2, 0) is 28.7 Å². The van der Waals surface area contributed by atoms with Crippen LogP contribution < -0.4 is 16.0 Å². The summed E-state index contributed by atoms with van der Waals surface area (Å²) in [6.45, 7) is 5.27. The number of imide groups is 1. The first kappa shape index (κ1) is 43.1. The number of ether oxygens (including phenoxy) is 2. The van der Waals surface area contributed by atoms with Gasteiger partial charge in [-0.1, -0.05) is 79.5 Å². The van der Waals surface area contributed by atoms with Crippen LogP contribution in [0.1, 0.15) is 117 Å². The minimum atomic E-state index is -0.895. The summed E-state index contributed by atoms with van der Waals surface area (Å²) in [7, 11) is 3.56. The van der Waals surface area contributed by atoms with Crippen molar-refractivity contribution in [1.82, 2.24) is 20.9 Å². The molecule has 0 aromatic carbocycles. The maximum atomic E-state index is 15.2. The summed E-state index contributed by atoms with van der Waals surface area (Å²) in [5, 5.41) is 21.5. The fraction of sp³-hybridized carbons (Fsp3) is 0.647. The quantitative estimate of drug-likeness (QED) is 0.106. The van der Waals surface area contributed by atoms with Crippen LogP contribution in [0.2, 0.25) is 0 Å². The Bertz CT molecular complexity index is 2220. The number of carbonyl (C=O) groups is 4. The van der Waals surface area contributed by atoms with Gasteiger partial charge in [0.05, 0.1) is 34.2 Å². The van der Waals surface area contributed by atoms with E-state index in [2.05, 4.69) is 41.1 Å². The van der Waals surface area contributed by atoms with Crippen LogP contribution in [-0.4, -0.2) is 70.7 Å². The molecule has 1 spiro atoms. The Morgan fingerprint density at radius 1 is 0.922 bits per heavy atom. The van der Waals surface area contributed by atoms with Crippen LogP contribution in [0.5, 0.6) is 0 Å². The summed E-state index contributed by atoms with van der Waals surface area (Å²) >= 11 is 0. The fourth-order valence-corrected chi connectivity index (χ4v) is 17.5. The van der Waals surface area contributed by atoms with E-state index in [4.69, 9.17) is 9.47 Å². The van der Waals surface area contributed by atoms with E-state index in [1.54, 1.807) is 10.8 Å². The molecule has 12 rings (SSSR count). The number of dihydropyridines is 1. The van der Waals surface area contributed by atoms with Crippen LogP contribution in [0.25, 0.3) is 0 Å². The second-order valence-electron chi connectivity index (χ2n) is 20.7. The molecule has 7 bridgehead atoms. The van der Waals surface area contributed by atoms with E-state index in [0.29, 0.717) is 49.1 Å². The molecule has 0 aromatic rings. The summed E-state index contributed by atoms with van der Waals surface area (Å²) in [6.07, 6.45) is 25.3. The van der Waals surface area contributed by atoms with E-state index < -0.39 is 17.4 Å². The van der Waals surface area contributed by atoms with Crippen molar-refractivity contribution in [2.45, 2.75) is 128 Å². The zero-order valence-corrected chi connectivity index (χ0v) is 39.0. The van der Waals surface area contributed by atoms with Gasteiger partial charge in [-0.25, -0.2) is 9.59 Å². The second-order valence-corrected chi connectivity index (χ2v) is 23.2. The van der Waals surface area contributed by atoms with Gasteiger partial charge >= 0.3 is 11.9 Å². The summed E-state index contributed by atoms with van der Waals surface area (Å²) in [5.41, 5.74) is 5.06. The van der Waals surface area contributed by atoms with E-state index in [0.717, 1.165) is 91.7 Å². The normalized spacial score (nSPS) is 37.1. The molecule has 1 saturated heterocycles. The minimum Gasteiger partial charge on any atom is -0.427 e. The molecule has 0 unspecified atom stereocenters. The lowest BCUT2D eigenvalue weighted by atomic mass is 9.42. The van der Waals surface area contributed by atoms with E-state index in [-0.39, 0.29) is 70.7 Å². The van der Waals surface area contributed by atoms with Crippen molar-refractivity contribution in [3.8, 4) is 0 Å². The van der Waals surface area contributed by atoms with Crippen LogP contribution in [0.4, 0.5) is 0 Å². The van der Waals surface area contributed by atoms with E-state index in [9.17, 15) is 19.5 Å². The summed E-state index contributed by atoms with van der Waals surface area (Å²) in [5.74, 6) is 1.88. The number of nitrogens with zero attached hydrogens (tertiary/aromatic N) is 1. The molecular weight excluding hydrogens is 845 g/mol. The highest BCUT2D eigenvalue weighted by Gasteiger charge is 2.70. The molecular formula is C51H64N4O7S2. The Morgan fingerprint density at radius 3 is 2.48 bits per heavy atom. The van der Waals surface area contributed by atoms with Crippen molar-refractivity contribution in [3.63, 3.8) is 0 Å². The Hall–Kier alpha value is -3.52. The predicted molar refractivity (Wildman–Crippen MR) is 247 cm³/mol. The first-order chi connectivity index (χ1) is 31.1. The monoisotopic (exact) mass is 908 g/mol. The Labute approximate surface area is 385 Å². The number of rotatable bonds is 8. The highest BCUT2D eigenvalue weighted by atomic mass is 33.1. The third-order valence-corrected chi connectivity index (χ3v) is 20.2. The first-order valence-corrected chi connectivity index (χ1v) is 27.0. The molecule has 9 atom stereocenters. The molecule has 5 aliphatic heterocycles. The van der Waals surface area contributed by atoms with Crippen molar-refractivity contribution in [3.05, 3.63) is 81.2 Å². The highest BCUT2D eigenvalue weighted by molar-refractivity contribution is 8.76. The van der Waals surface area contributed by atoms with Crippen molar-refractivity contribution >= 4 is 45.3 Å². The van der Waals surface area contributed by atoms with Gasteiger partial charge in [0.1, 0.15) is 11.5 Å². The van der Waals surface area contributed by atoms with Gasteiger partial charge in [0, 0.05) is 54.8 Å². The Morgan fingerprint density at radius 2 is 1.72 bits per heavy atom. The molecule has 0 radical (unpaired) electrons.